The molecule has 0 aromatic rings. The summed E-state index contributed by atoms with van der Waals surface area (Å²) in [5.41, 5.74) is 0. The summed E-state index contributed by atoms with van der Waals surface area (Å²) in [4.78, 5) is 13.1. The predicted octanol–water partition coefficient (Wildman–Crippen LogP) is 18.3. The molecule has 1 aliphatic heterocycles. The van der Waals surface area contributed by atoms with Gasteiger partial charge in [-0.05, 0) is 19.3 Å². The third kappa shape index (κ3) is 47.2. The van der Waals surface area contributed by atoms with Gasteiger partial charge in [0.25, 0.3) is 0 Å². The maximum Gasteiger partial charge on any atom is 0.220 e. The normalized spacial score (nSPS) is 18.7. The van der Waals surface area contributed by atoms with E-state index < -0.39 is 49.5 Å². The molecule has 1 saturated heterocycles. The number of nitrogens with one attached hydrogen (secondary N) is 1. The molecule has 0 saturated carbocycles. The molecule has 1 rings (SSSR count). The van der Waals surface area contributed by atoms with Gasteiger partial charge in [-0.25, -0.2) is 0 Å². The summed E-state index contributed by atoms with van der Waals surface area (Å²) < 4.78 is 11.3. The lowest BCUT2D eigenvalue weighted by atomic mass is 9.99. The van der Waals surface area contributed by atoms with E-state index in [0.29, 0.717) is 6.42 Å². The van der Waals surface area contributed by atoms with Gasteiger partial charge in [0.2, 0.25) is 5.91 Å². The fourth-order valence-corrected chi connectivity index (χ4v) is 11.5. The van der Waals surface area contributed by atoms with Crippen LogP contribution in [0.25, 0.3) is 0 Å². The maximum absolute atomic E-state index is 13.1. The largest absolute Gasteiger partial charge is 0.394 e. The number of ether oxygens (including phenoxy) is 2. The topological polar surface area (TPSA) is 149 Å². The van der Waals surface area contributed by atoms with E-state index in [4.69, 9.17) is 9.47 Å². The first-order valence-electron chi connectivity index (χ1n) is 34.4. The molecule has 7 atom stereocenters. The molecular formula is C68H133NO8. The summed E-state index contributed by atoms with van der Waals surface area (Å²) in [6.45, 7) is 3.83. The van der Waals surface area contributed by atoms with E-state index in [1.165, 1.54) is 302 Å². The van der Waals surface area contributed by atoms with Crippen LogP contribution >= 0.6 is 0 Å². The first kappa shape index (κ1) is 73.9. The highest BCUT2D eigenvalue weighted by Gasteiger charge is 2.44. The molecule has 0 aromatic carbocycles. The van der Waals surface area contributed by atoms with Gasteiger partial charge in [-0.1, -0.05) is 347 Å². The van der Waals surface area contributed by atoms with Crippen molar-refractivity contribution >= 4 is 5.91 Å². The molecule has 0 aliphatic carbocycles. The highest BCUT2D eigenvalue weighted by molar-refractivity contribution is 5.76. The van der Waals surface area contributed by atoms with Crippen molar-refractivity contribution in [2.24, 2.45) is 0 Å². The molecule has 458 valence electrons. The van der Waals surface area contributed by atoms with Crippen molar-refractivity contribution in [3.63, 3.8) is 0 Å². The SMILES string of the molecule is CCCCCCCCCCCCCCCC/C=C/C(O)C(COC1OC(CO)C(O)C(O)C1O)NC(=O)CCCCCCCCCCCCCCCCCCCCCCCCCCCCCCCCCCCCCCCC. The summed E-state index contributed by atoms with van der Waals surface area (Å²) in [5.74, 6) is -0.168. The zero-order chi connectivity index (χ0) is 55.8. The van der Waals surface area contributed by atoms with Crippen molar-refractivity contribution in [3.05, 3.63) is 12.2 Å². The molecule has 0 bridgehead atoms. The first-order valence-corrected chi connectivity index (χ1v) is 34.4. The van der Waals surface area contributed by atoms with E-state index in [2.05, 4.69) is 19.2 Å². The Balaban J connectivity index is 2.03. The van der Waals surface area contributed by atoms with Crippen molar-refractivity contribution in [1.29, 1.82) is 0 Å². The fraction of sp³-hybridized carbons (Fsp3) is 0.956. The second-order valence-electron chi connectivity index (χ2n) is 24.3. The number of amides is 1. The van der Waals surface area contributed by atoms with Gasteiger partial charge >= 0.3 is 0 Å². The molecule has 1 fully saturated rings. The lowest BCUT2D eigenvalue weighted by Crippen LogP contribution is -2.60. The second-order valence-corrected chi connectivity index (χ2v) is 24.3. The number of aliphatic hydroxyl groups is 5. The van der Waals surface area contributed by atoms with Gasteiger partial charge < -0.3 is 40.3 Å². The van der Waals surface area contributed by atoms with E-state index in [0.717, 1.165) is 38.5 Å². The van der Waals surface area contributed by atoms with Gasteiger partial charge in [-0.3, -0.25) is 4.79 Å². The molecule has 1 amide bonds. The third-order valence-electron chi connectivity index (χ3n) is 16.9. The van der Waals surface area contributed by atoms with Crippen LogP contribution in [-0.4, -0.2) is 87.5 Å². The quantitative estimate of drug-likeness (QED) is 0.0261. The Morgan fingerprint density at radius 3 is 1.01 bits per heavy atom. The lowest BCUT2D eigenvalue weighted by molar-refractivity contribution is -0.302. The highest BCUT2D eigenvalue weighted by Crippen LogP contribution is 2.24. The molecule has 0 spiro atoms. The first-order chi connectivity index (χ1) is 37.8. The molecule has 0 radical (unpaired) electrons. The zero-order valence-electron chi connectivity index (χ0n) is 51.3. The number of unbranched alkanes of at least 4 members (excludes halogenated alkanes) is 51. The predicted molar refractivity (Wildman–Crippen MR) is 327 cm³/mol. The minimum atomic E-state index is -1.56. The summed E-state index contributed by atoms with van der Waals surface area (Å²) >= 11 is 0. The van der Waals surface area contributed by atoms with Gasteiger partial charge in [0.1, 0.15) is 24.4 Å². The smallest absolute Gasteiger partial charge is 0.220 e. The Hall–Kier alpha value is -1.07. The van der Waals surface area contributed by atoms with Crippen LogP contribution in [0.15, 0.2) is 12.2 Å². The number of carbonyl (C=O) groups excluding carboxylic acids is 1. The van der Waals surface area contributed by atoms with Crippen molar-refractivity contribution in [3.8, 4) is 0 Å². The Labute approximate surface area is 477 Å². The van der Waals surface area contributed by atoms with Crippen LogP contribution < -0.4 is 5.32 Å². The number of hydrogen-bond donors (Lipinski definition) is 6. The van der Waals surface area contributed by atoms with Gasteiger partial charge in [-0.15, -0.1) is 0 Å². The molecule has 9 nitrogen and oxygen atoms in total. The zero-order valence-corrected chi connectivity index (χ0v) is 51.3. The minimum Gasteiger partial charge on any atom is -0.394 e. The van der Waals surface area contributed by atoms with Gasteiger partial charge in [0.05, 0.1) is 25.4 Å². The van der Waals surface area contributed by atoms with Crippen molar-refractivity contribution in [1.82, 2.24) is 5.32 Å². The van der Waals surface area contributed by atoms with E-state index >= 15 is 0 Å². The van der Waals surface area contributed by atoms with E-state index in [1.807, 2.05) is 6.08 Å². The van der Waals surface area contributed by atoms with Crippen LogP contribution in [0.2, 0.25) is 0 Å². The third-order valence-corrected chi connectivity index (χ3v) is 16.9. The van der Waals surface area contributed by atoms with Crippen LogP contribution in [0.4, 0.5) is 0 Å². The van der Waals surface area contributed by atoms with E-state index in [-0.39, 0.29) is 12.5 Å². The van der Waals surface area contributed by atoms with Gasteiger partial charge in [0, 0.05) is 6.42 Å². The molecule has 1 aliphatic rings. The number of aliphatic hydroxyl groups excluding tert-OH is 5. The Kier molecular flexibility index (Phi) is 55.8. The number of allylic oxidation sites excluding steroid dienone is 1. The number of rotatable bonds is 61. The van der Waals surface area contributed by atoms with Crippen LogP contribution in [0.1, 0.15) is 361 Å². The molecule has 77 heavy (non-hydrogen) atoms. The van der Waals surface area contributed by atoms with Crippen LogP contribution in [0.5, 0.6) is 0 Å². The van der Waals surface area contributed by atoms with Crippen LogP contribution in [0.3, 0.4) is 0 Å². The van der Waals surface area contributed by atoms with E-state index in [1.54, 1.807) is 6.08 Å². The van der Waals surface area contributed by atoms with Gasteiger partial charge in [0.15, 0.2) is 6.29 Å². The Morgan fingerprint density at radius 2 is 0.714 bits per heavy atom. The molecule has 0 aromatic heterocycles. The lowest BCUT2D eigenvalue weighted by Gasteiger charge is -2.40. The monoisotopic (exact) mass is 1090 g/mol. The average molecular weight is 1090 g/mol. The summed E-state index contributed by atoms with van der Waals surface area (Å²) in [6.07, 6.45) is 67.7. The fourth-order valence-electron chi connectivity index (χ4n) is 11.5. The number of carbonyl (C=O) groups is 1. The molecule has 9 heteroatoms. The number of hydrogen-bond acceptors (Lipinski definition) is 8. The Bertz CT molecular complexity index is 1220. The van der Waals surface area contributed by atoms with Crippen LogP contribution in [-0.2, 0) is 14.3 Å². The molecule has 1 heterocycles. The molecule has 6 N–H and O–H groups in total. The van der Waals surface area contributed by atoms with Crippen LogP contribution in [0, 0.1) is 0 Å². The molecule has 7 unspecified atom stereocenters. The van der Waals surface area contributed by atoms with Crippen molar-refractivity contribution < 1.29 is 39.8 Å². The van der Waals surface area contributed by atoms with Crippen molar-refractivity contribution in [2.45, 2.75) is 403 Å². The van der Waals surface area contributed by atoms with Gasteiger partial charge in [-0.2, -0.15) is 0 Å². The molecular weight excluding hydrogens is 959 g/mol. The standard InChI is InChI=1S/C68H133NO8/c1-3-5-7-9-11-13-15-17-19-21-22-23-24-25-26-27-28-29-30-31-32-33-34-35-36-37-38-39-40-41-42-44-46-48-50-52-54-56-58-64(72)69-61(60-76-68-67(75)66(74)65(73)63(59-70)77-68)62(71)57-55-53-51-49-47-45-43-20-18-16-14-12-10-8-6-4-2/h55,57,61-63,65-68,70-71,73-75H,3-54,56,58-60H2,1-2H3,(H,69,72)/b57-55+. The Morgan fingerprint density at radius 1 is 0.429 bits per heavy atom. The van der Waals surface area contributed by atoms with Crippen molar-refractivity contribution in [2.75, 3.05) is 13.2 Å². The second kappa shape index (κ2) is 58.1. The van der Waals surface area contributed by atoms with E-state index in [9.17, 15) is 30.3 Å². The summed E-state index contributed by atoms with van der Waals surface area (Å²) in [7, 11) is 0. The summed E-state index contributed by atoms with van der Waals surface area (Å²) in [5, 5.41) is 54.6. The minimum absolute atomic E-state index is 0.168. The average Bonchev–Trinajstić information content (AvgIpc) is 3.43. The highest BCUT2D eigenvalue weighted by atomic mass is 16.7. The maximum atomic E-state index is 13.1. The summed E-state index contributed by atoms with van der Waals surface area (Å²) in [6, 6.07) is -0.801.